The van der Waals surface area contributed by atoms with Crippen molar-refractivity contribution in [3.63, 3.8) is 0 Å². The maximum atomic E-state index is 12.9. The van der Waals surface area contributed by atoms with Gasteiger partial charge in [0, 0.05) is 19.3 Å². The summed E-state index contributed by atoms with van der Waals surface area (Å²) in [4.78, 5) is 38.4. The average Bonchev–Trinajstić information content (AvgIpc) is 3.44. The molecular formula is C72H120O6. The highest BCUT2D eigenvalue weighted by atomic mass is 16.6. The number of hydrogen-bond acceptors (Lipinski definition) is 6. The van der Waals surface area contributed by atoms with Crippen molar-refractivity contribution in [1.82, 2.24) is 0 Å². The molecule has 0 aromatic carbocycles. The van der Waals surface area contributed by atoms with E-state index < -0.39 is 6.10 Å². The van der Waals surface area contributed by atoms with Gasteiger partial charge in [0.1, 0.15) is 13.2 Å². The molecule has 1 unspecified atom stereocenters. The third-order valence-corrected chi connectivity index (χ3v) is 13.7. The SMILES string of the molecule is CC/C=C\C/C=C\C/C=C\C/C=C\C/C=C\C/C=C\CCCCC(=O)OC(COC(=O)CCCCCCC/C=C\CCCCCCCCC)COC(=O)CCCCCCCCCC/C=C\C/C=C\C/C=C\CCCCCCC. The highest BCUT2D eigenvalue weighted by molar-refractivity contribution is 5.71. The highest BCUT2D eigenvalue weighted by Crippen LogP contribution is 2.15. The number of hydrogen-bond donors (Lipinski definition) is 0. The fraction of sp³-hybridized carbons (Fsp3) is 0.681. The van der Waals surface area contributed by atoms with Crippen LogP contribution in [0.1, 0.15) is 297 Å². The number of carbonyl (C=O) groups is 3. The van der Waals surface area contributed by atoms with E-state index in [0.717, 1.165) is 122 Å². The minimum Gasteiger partial charge on any atom is -0.462 e. The lowest BCUT2D eigenvalue weighted by molar-refractivity contribution is -0.167. The van der Waals surface area contributed by atoms with Crippen LogP contribution in [0.3, 0.4) is 0 Å². The predicted octanol–water partition coefficient (Wildman–Crippen LogP) is 22.4. The van der Waals surface area contributed by atoms with Gasteiger partial charge in [-0.05, 0) is 135 Å². The lowest BCUT2D eigenvalue weighted by atomic mass is 10.1. The second kappa shape index (κ2) is 65.3. The number of unbranched alkanes of at least 4 members (excludes halogenated alkanes) is 27. The Balaban J connectivity index is 4.49. The predicted molar refractivity (Wildman–Crippen MR) is 339 cm³/mol. The molecule has 0 bridgehead atoms. The van der Waals surface area contributed by atoms with Gasteiger partial charge in [-0.15, -0.1) is 0 Å². The standard InChI is InChI=1S/C72H120O6/c1-4-7-10-13-16-19-22-25-28-31-33-35-36-38-39-41-44-47-50-53-56-59-62-65-71(74)77-68-69(67-76-70(73)64-61-58-55-52-49-46-43-30-27-24-21-18-15-12-9-6-3)78-72(75)66-63-60-57-54-51-48-45-42-40-37-34-32-29-26-23-20-17-14-11-8-5-2/h8,11,17,20,22,25-26,29-31,33-34,36-38,42-43,45,51,54,69H,4-7,9-10,12-16,18-19,21,23-24,27-28,32,35,39-41,44,46-50,52-53,55-68H2,1-3H3/b11-8-,20-17-,25-22-,29-26-,33-31-,37-34-,38-36-,43-30-,45-42-,54-51-. The number of rotatable bonds is 58. The summed E-state index contributed by atoms with van der Waals surface area (Å²) in [6, 6.07) is 0. The van der Waals surface area contributed by atoms with Crippen molar-refractivity contribution in [3.8, 4) is 0 Å². The van der Waals surface area contributed by atoms with Gasteiger partial charge in [0.15, 0.2) is 6.10 Å². The van der Waals surface area contributed by atoms with Gasteiger partial charge in [-0.25, -0.2) is 0 Å². The first kappa shape index (κ1) is 73.8. The molecule has 0 aromatic rings. The van der Waals surface area contributed by atoms with Crippen LogP contribution in [0.15, 0.2) is 122 Å². The van der Waals surface area contributed by atoms with E-state index in [1.54, 1.807) is 0 Å². The van der Waals surface area contributed by atoms with E-state index in [2.05, 4.69) is 142 Å². The zero-order valence-electron chi connectivity index (χ0n) is 50.9. The molecular weight excluding hydrogens is 961 g/mol. The molecule has 0 aromatic heterocycles. The van der Waals surface area contributed by atoms with Gasteiger partial charge in [-0.1, -0.05) is 264 Å². The van der Waals surface area contributed by atoms with Crippen LogP contribution in [0.5, 0.6) is 0 Å². The van der Waals surface area contributed by atoms with Crippen molar-refractivity contribution in [2.75, 3.05) is 13.2 Å². The summed E-state index contributed by atoms with van der Waals surface area (Å²) >= 11 is 0. The van der Waals surface area contributed by atoms with Crippen molar-refractivity contribution in [1.29, 1.82) is 0 Å². The van der Waals surface area contributed by atoms with Gasteiger partial charge in [-0.2, -0.15) is 0 Å². The van der Waals surface area contributed by atoms with Gasteiger partial charge in [-0.3, -0.25) is 14.4 Å². The summed E-state index contributed by atoms with van der Waals surface area (Å²) in [5.41, 5.74) is 0. The largest absolute Gasteiger partial charge is 0.462 e. The average molecular weight is 1080 g/mol. The Morgan fingerprint density at radius 1 is 0.269 bits per heavy atom. The molecule has 0 saturated carbocycles. The molecule has 0 spiro atoms. The van der Waals surface area contributed by atoms with Gasteiger partial charge < -0.3 is 14.2 Å². The number of ether oxygens (including phenoxy) is 3. The van der Waals surface area contributed by atoms with E-state index in [-0.39, 0.29) is 37.5 Å². The summed E-state index contributed by atoms with van der Waals surface area (Å²) < 4.78 is 16.9. The fourth-order valence-corrected chi connectivity index (χ4v) is 8.80. The Kier molecular flexibility index (Phi) is 61.8. The van der Waals surface area contributed by atoms with Crippen molar-refractivity contribution in [3.05, 3.63) is 122 Å². The zero-order chi connectivity index (χ0) is 56.4. The Bertz CT molecular complexity index is 1620. The number of allylic oxidation sites excluding steroid dienone is 20. The molecule has 6 heteroatoms. The Hall–Kier alpha value is -4.19. The maximum absolute atomic E-state index is 12.9. The van der Waals surface area contributed by atoms with Crippen molar-refractivity contribution < 1.29 is 28.6 Å². The minimum atomic E-state index is -0.813. The topological polar surface area (TPSA) is 78.9 Å². The van der Waals surface area contributed by atoms with Gasteiger partial charge in [0.05, 0.1) is 0 Å². The molecule has 444 valence electrons. The number of esters is 3. The van der Waals surface area contributed by atoms with Crippen LogP contribution in [0.25, 0.3) is 0 Å². The third kappa shape index (κ3) is 62.7. The lowest BCUT2D eigenvalue weighted by Crippen LogP contribution is -2.30. The quantitative estimate of drug-likeness (QED) is 0.0261. The normalized spacial score (nSPS) is 12.9. The first-order chi connectivity index (χ1) is 38.5. The fourth-order valence-electron chi connectivity index (χ4n) is 8.80. The van der Waals surface area contributed by atoms with Crippen molar-refractivity contribution in [2.24, 2.45) is 0 Å². The van der Waals surface area contributed by atoms with Crippen molar-refractivity contribution >= 4 is 17.9 Å². The summed E-state index contributed by atoms with van der Waals surface area (Å²) in [6.45, 7) is 6.48. The van der Waals surface area contributed by atoms with E-state index in [1.165, 1.54) is 128 Å². The molecule has 6 nitrogen and oxygen atoms in total. The molecule has 78 heavy (non-hydrogen) atoms. The molecule has 0 amide bonds. The Morgan fingerprint density at radius 2 is 0.500 bits per heavy atom. The van der Waals surface area contributed by atoms with Crippen molar-refractivity contribution in [2.45, 2.75) is 303 Å². The second-order valence-electron chi connectivity index (χ2n) is 21.3. The third-order valence-electron chi connectivity index (χ3n) is 13.7. The summed E-state index contributed by atoms with van der Waals surface area (Å²) in [5.74, 6) is -0.958. The molecule has 1 atom stereocenters. The van der Waals surface area contributed by atoms with E-state index >= 15 is 0 Å². The first-order valence-corrected chi connectivity index (χ1v) is 32.5. The molecule has 0 aliphatic carbocycles. The van der Waals surface area contributed by atoms with Gasteiger partial charge in [0.2, 0.25) is 0 Å². The zero-order valence-corrected chi connectivity index (χ0v) is 50.9. The second-order valence-corrected chi connectivity index (χ2v) is 21.3. The maximum Gasteiger partial charge on any atom is 0.306 e. The molecule has 0 fully saturated rings. The smallest absolute Gasteiger partial charge is 0.306 e. The van der Waals surface area contributed by atoms with E-state index in [9.17, 15) is 14.4 Å². The molecule has 0 heterocycles. The Morgan fingerprint density at radius 3 is 0.821 bits per heavy atom. The minimum absolute atomic E-state index is 0.104. The molecule has 0 rings (SSSR count). The van der Waals surface area contributed by atoms with Crippen LogP contribution >= 0.6 is 0 Å². The van der Waals surface area contributed by atoms with Crippen LogP contribution in [-0.4, -0.2) is 37.2 Å². The highest BCUT2D eigenvalue weighted by Gasteiger charge is 2.19. The monoisotopic (exact) mass is 1080 g/mol. The van der Waals surface area contributed by atoms with Crippen LogP contribution in [0.2, 0.25) is 0 Å². The number of carbonyl (C=O) groups excluding carboxylic acids is 3. The van der Waals surface area contributed by atoms with Gasteiger partial charge in [0.25, 0.3) is 0 Å². The summed E-state index contributed by atoms with van der Waals surface area (Å²) in [7, 11) is 0. The molecule has 0 aliphatic rings. The van der Waals surface area contributed by atoms with Crippen LogP contribution in [0.4, 0.5) is 0 Å². The van der Waals surface area contributed by atoms with Crippen LogP contribution in [0, 0.1) is 0 Å². The van der Waals surface area contributed by atoms with Crippen LogP contribution < -0.4 is 0 Å². The molecule has 0 aliphatic heterocycles. The first-order valence-electron chi connectivity index (χ1n) is 32.5. The Labute approximate surface area is 482 Å². The molecule has 0 N–H and O–H groups in total. The molecule has 0 saturated heterocycles. The summed E-state index contributed by atoms with van der Waals surface area (Å²) in [6.07, 6.45) is 90.6. The van der Waals surface area contributed by atoms with E-state index in [1.807, 2.05) is 0 Å². The molecule has 0 radical (unpaired) electrons. The van der Waals surface area contributed by atoms with E-state index in [4.69, 9.17) is 14.2 Å². The lowest BCUT2D eigenvalue weighted by Gasteiger charge is -2.18. The summed E-state index contributed by atoms with van der Waals surface area (Å²) in [5, 5.41) is 0. The van der Waals surface area contributed by atoms with E-state index in [0.29, 0.717) is 19.3 Å². The van der Waals surface area contributed by atoms with Crippen LogP contribution in [-0.2, 0) is 28.6 Å². The van der Waals surface area contributed by atoms with Gasteiger partial charge >= 0.3 is 17.9 Å².